The number of nitrogens with two attached hydrogens (primary N) is 1. The van der Waals surface area contributed by atoms with Crippen LogP contribution in [-0.2, 0) is 4.79 Å². The highest BCUT2D eigenvalue weighted by Gasteiger charge is 2.16. The maximum Gasteiger partial charge on any atom is 0.236 e. The van der Waals surface area contributed by atoms with E-state index in [-0.39, 0.29) is 11.8 Å². The first-order chi connectivity index (χ1) is 10.2. The molecule has 0 fully saturated rings. The van der Waals surface area contributed by atoms with Crippen molar-refractivity contribution in [1.29, 1.82) is 0 Å². The zero-order valence-corrected chi connectivity index (χ0v) is 12.4. The summed E-state index contributed by atoms with van der Waals surface area (Å²) < 4.78 is 0. The minimum Gasteiger partial charge on any atom is -0.281 e. The van der Waals surface area contributed by atoms with Crippen LogP contribution in [0.1, 0.15) is 36.8 Å². The first-order valence-electron chi connectivity index (χ1n) is 7.37. The lowest BCUT2D eigenvalue weighted by Gasteiger charge is -2.22. The van der Waals surface area contributed by atoms with Gasteiger partial charge in [-0.05, 0) is 17.5 Å². The summed E-state index contributed by atoms with van der Waals surface area (Å²) in [4.78, 5) is 11.6. The summed E-state index contributed by atoms with van der Waals surface area (Å²) >= 11 is 0. The Bertz CT molecular complexity index is 514. The van der Waals surface area contributed by atoms with Crippen molar-refractivity contribution in [2.45, 2.75) is 25.7 Å². The number of benzene rings is 2. The third-order valence-electron chi connectivity index (χ3n) is 3.69. The molecule has 0 aliphatic carbocycles. The molecule has 2 aromatic rings. The van der Waals surface area contributed by atoms with Gasteiger partial charge in [0.05, 0.1) is 0 Å². The van der Waals surface area contributed by atoms with E-state index in [1.807, 2.05) is 43.3 Å². The van der Waals surface area contributed by atoms with Crippen molar-refractivity contribution in [1.82, 2.24) is 5.01 Å². The molecule has 0 unspecified atom stereocenters. The van der Waals surface area contributed by atoms with Crippen LogP contribution in [0.15, 0.2) is 60.7 Å². The maximum atomic E-state index is 11.6. The molecule has 0 spiro atoms. The summed E-state index contributed by atoms with van der Waals surface area (Å²) in [7, 11) is 0. The number of hydrazine groups is 1. The SMILES string of the molecule is CCC(=O)N(N)CCC(c1ccccc1)c1ccccc1. The number of carbonyl (C=O) groups excluding carboxylic acids is 1. The highest BCUT2D eigenvalue weighted by molar-refractivity contribution is 5.75. The van der Waals surface area contributed by atoms with Crippen molar-refractivity contribution in [3.8, 4) is 0 Å². The summed E-state index contributed by atoms with van der Waals surface area (Å²) in [6.45, 7) is 2.38. The lowest BCUT2D eigenvalue weighted by molar-refractivity contribution is -0.131. The summed E-state index contributed by atoms with van der Waals surface area (Å²) in [6.07, 6.45) is 1.26. The minimum atomic E-state index is -0.0186. The Balaban J connectivity index is 2.16. The van der Waals surface area contributed by atoms with Gasteiger partial charge in [0.25, 0.3) is 0 Å². The Morgan fingerprint density at radius 3 is 1.90 bits per heavy atom. The van der Waals surface area contributed by atoms with E-state index in [2.05, 4.69) is 24.3 Å². The van der Waals surface area contributed by atoms with Gasteiger partial charge < -0.3 is 0 Å². The van der Waals surface area contributed by atoms with Crippen LogP contribution in [-0.4, -0.2) is 17.5 Å². The van der Waals surface area contributed by atoms with Gasteiger partial charge in [-0.2, -0.15) is 0 Å². The van der Waals surface area contributed by atoms with Gasteiger partial charge in [0, 0.05) is 18.9 Å². The molecular formula is C18H22N2O. The molecule has 0 aliphatic rings. The zero-order chi connectivity index (χ0) is 15.1. The van der Waals surface area contributed by atoms with Crippen molar-refractivity contribution in [2.24, 2.45) is 5.84 Å². The number of hydrogen-bond acceptors (Lipinski definition) is 2. The van der Waals surface area contributed by atoms with Gasteiger partial charge in [-0.15, -0.1) is 0 Å². The number of amides is 1. The molecule has 3 nitrogen and oxygen atoms in total. The molecule has 0 radical (unpaired) electrons. The highest BCUT2D eigenvalue weighted by atomic mass is 16.2. The fourth-order valence-corrected chi connectivity index (χ4v) is 2.49. The standard InChI is InChI=1S/C18H22N2O/c1-2-18(21)20(19)14-13-17(15-9-5-3-6-10-15)16-11-7-4-8-12-16/h3-12,17H,2,13-14,19H2,1H3. The lowest BCUT2D eigenvalue weighted by Crippen LogP contribution is -2.38. The normalized spacial score (nSPS) is 10.6. The number of hydrogen-bond donors (Lipinski definition) is 1. The van der Waals surface area contributed by atoms with Crippen LogP contribution in [0.5, 0.6) is 0 Å². The highest BCUT2D eigenvalue weighted by Crippen LogP contribution is 2.27. The number of nitrogens with zero attached hydrogens (tertiary/aromatic N) is 1. The predicted molar refractivity (Wildman–Crippen MR) is 85.5 cm³/mol. The van der Waals surface area contributed by atoms with E-state index in [0.717, 1.165) is 6.42 Å². The Labute approximate surface area is 126 Å². The molecule has 2 N–H and O–H groups in total. The van der Waals surface area contributed by atoms with Crippen molar-refractivity contribution in [2.75, 3.05) is 6.54 Å². The molecule has 0 aromatic heterocycles. The Hall–Kier alpha value is -2.13. The Morgan fingerprint density at radius 1 is 1.00 bits per heavy atom. The van der Waals surface area contributed by atoms with Gasteiger partial charge in [-0.25, -0.2) is 5.84 Å². The van der Waals surface area contributed by atoms with Gasteiger partial charge in [0.15, 0.2) is 0 Å². The monoisotopic (exact) mass is 282 g/mol. The minimum absolute atomic E-state index is 0.0186. The van der Waals surface area contributed by atoms with Crippen LogP contribution in [0.25, 0.3) is 0 Å². The van der Waals surface area contributed by atoms with Gasteiger partial charge in [0.1, 0.15) is 0 Å². The van der Waals surface area contributed by atoms with Crippen LogP contribution in [0.4, 0.5) is 0 Å². The quantitative estimate of drug-likeness (QED) is 0.502. The second-order valence-corrected chi connectivity index (χ2v) is 5.10. The molecule has 0 saturated heterocycles. The van der Waals surface area contributed by atoms with Crippen LogP contribution >= 0.6 is 0 Å². The molecule has 0 aliphatic heterocycles. The predicted octanol–water partition coefficient (Wildman–Crippen LogP) is 3.32. The second kappa shape index (κ2) is 7.60. The van der Waals surface area contributed by atoms with E-state index in [0.29, 0.717) is 13.0 Å². The van der Waals surface area contributed by atoms with E-state index in [1.54, 1.807) is 0 Å². The van der Waals surface area contributed by atoms with Gasteiger partial charge >= 0.3 is 0 Å². The van der Waals surface area contributed by atoms with Gasteiger partial charge in [-0.3, -0.25) is 9.80 Å². The maximum absolute atomic E-state index is 11.6. The fraction of sp³-hybridized carbons (Fsp3) is 0.278. The summed E-state index contributed by atoms with van der Waals surface area (Å²) in [5.41, 5.74) is 2.50. The van der Waals surface area contributed by atoms with E-state index >= 15 is 0 Å². The lowest BCUT2D eigenvalue weighted by atomic mass is 9.88. The first kappa shape index (κ1) is 15.3. The molecule has 21 heavy (non-hydrogen) atoms. The fourth-order valence-electron chi connectivity index (χ4n) is 2.49. The Kier molecular flexibility index (Phi) is 5.52. The van der Waals surface area contributed by atoms with Crippen LogP contribution in [0.2, 0.25) is 0 Å². The van der Waals surface area contributed by atoms with Crippen molar-refractivity contribution < 1.29 is 4.79 Å². The molecule has 3 heteroatoms. The third kappa shape index (κ3) is 4.17. The second-order valence-electron chi connectivity index (χ2n) is 5.10. The third-order valence-corrected chi connectivity index (χ3v) is 3.69. The molecule has 0 saturated carbocycles. The van der Waals surface area contributed by atoms with Crippen molar-refractivity contribution >= 4 is 5.91 Å². The van der Waals surface area contributed by atoms with E-state index in [9.17, 15) is 4.79 Å². The molecule has 2 rings (SSSR count). The topological polar surface area (TPSA) is 46.3 Å². The average Bonchev–Trinajstić information content (AvgIpc) is 2.56. The van der Waals surface area contributed by atoms with Crippen LogP contribution < -0.4 is 5.84 Å². The van der Waals surface area contributed by atoms with Gasteiger partial charge in [0.2, 0.25) is 5.91 Å². The van der Waals surface area contributed by atoms with E-state index in [4.69, 9.17) is 5.84 Å². The molecule has 110 valence electrons. The average molecular weight is 282 g/mol. The van der Waals surface area contributed by atoms with Crippen molar-refractivity contribution in [3.63, 3.8) is 0 Å². The molecule has 0 atom stereocenters. The van der Waals surface area contributed by atoms with Crippen molar-refractivity contribution in [3.05, 3.63) is 71.8 Å². The largest absolute Gasteiger partial charge is 0.281 e. The van der Waals surface area contributed by atoms with Crippen LogP contribution in [0.3, 0.4) is 0 Å². The van der Waals surface area contributed by atoms with Crippen LogP contribution in [0, 0.1) is 0 Å². The molecule has 0 bridgehead atoms. The number of rotatable bonds is 6. The number of carbonyl (C=O) groups is 1. The van der Waals surface area contributed by atoms with Gasteiger partial charge in [-0.1, -0.05) is 67.6 Å². The first-order valence-corrected chi connectivity index (χ1v) is 7.37. The summed E-state index contributed by atoms with van der Waals surface area (Å²) in [5.74, 6) is 6.05. The summed E-state index contributed by atoms with van der Waals surface area (Å²) in [6, 6.07) is 20.7. The smallest absolute Gasteiger partial charge is 0.236 e. The zero-order valence-electron chi connectivity index (χ0n) is 12.4. The molecule has 2 aromatic carbocycles. The summed E-state index contributed by atoms with van der Waals surface area (Å²) in [5, 5.41) is 1.33. The molecule has 0 heterocycles. The van der Waals surface area contributed by atoms with E-state index in [1.165, 1.54) is 16.1 Å². The Morgan fingerprint density at radius 2 is 1.48 bits per heavy atom. The van der Waals surface area contributed by atoms with E-state index < -0.39 is 0 Å². The molecule has 1 amide bonds. The molecular weight excluding hydrogens is 260 g/mol.